The van der Waals surface area contributed by atoms with Gasteiger partial charge in [0.25, 0.3) is 0 Å². The highest BCUT2D eigenvalue weighted by atomic mass is 16.4. The SMILES string of the molecule is Cn1ncc(C(=O)O)c1-c1ccoc1. The summed E-state index contributed by atoms with van der Waals surface area (Å²) in [5, 5.41) is 12.8. The van der Waals surface area contributed by atoms with Crippen molar-refractivity contribution in [3.05, 3.63) is 30.4 Å². The van der Waals surface area contributed by atoms with Crippen LogP contribution in [0.1, 0.15) is 10.4 Å². The van der Waals surface area contributed by atoms with E-state index in [-0.39, 0.29) is 5.56 Å². The van der Waals surface area contributed by atoms with Crippen LogP contribution in [0.3, 0.4) is 0 Å². The van der Waals surface area contributed by atoms with Gasteiger partial charge in [-0.1, -0.05) is 0 Å². The third kappa shape index (κ3) is 1.19. The number of hydrogen-bond acceptors (Lipinski definition) is 3. The molecule has 2 aromatic heterocycles. The maximum atomic E-state index is 10.8. The van der Waals surface area contributed by atoms with Crippen LogP contribution in [0.5, 0.6) is 0 Å². The molecular weight excluding hydrogens is 184 g/mol. The molecule has 0 aliphatic carbocycles. The summed E-state index contributed by atoms with van der Waals surface area (Å²) in [6.45, 7) is 0. The van der Waals surface area contributed by atoms with Gasteiger partial charge in [0, 0.05) is 12.6 Å². The Morgan fingerprint density at radius 2 is 2.43 bits per heavy atom. The fourth-order valence-electron chi connectivity index (χ4n) is 1.34. The highest BCUT2D eigenvalue weighted by molar-refractivity contribution is 5.94. The number of rotatable bonds is 2. The first-order valence-corrected chi connectivity index (χ1v) is 3.98. The maximum Gasteiger partial charge on any atom is 0.339 e. The summed E-state index contributed by atoms with van der Waals surface area (Å²) in [6, 6.07) is 1.70. The molecule has 0 aliphatic heterocycles. The average molecular weight is 192 g/mol. The summed E-state index contributed by atoms with van der Waals surface area (Å²) in [6.07, 6.45) is 4.31. The molecule has 0 aromatic carbocycles. The molecule has 5 heteroatoms. The summed E-state index contributed by atoms with van der Waals surface area (Å²) in [4.78, 5) is 10.8. The molecule has 0 aliphatic rings. The topological polar surface area (TPSA) is 68.3 Å². The van der Waals surface area contributed by atoms with Gasteiger partial charge in [-0.2, -0.15) is 5.10 Å². The normalized spacial score (nSPS) is 10.4. The average Bonchev–Trinajstić information content (AvgIpc) is 2.71. The summed E-state index contributed by atoms with van der Waals surface area (Å²) in [5.41, 5.74) is 1.43. The first-order chi connectivity index (χ1) is 6.70. The van der Waals surface area contributed by atoms with E-state index in [0.717, 1.165) is 0 Å². The van der Waals surface area contributed by atoms with E-state index in [0.29, 0.717) is 11.3 Å². The molecule has 0 saturated carbocycles. The molecule has 14 heavy (non-hydrogen) atoms. The first-order valence-electron chi connectivity index (χ1n) is 3.98. The third-order valence-corrected chi connectivity index (χ3v) is 1.96. The van der Waals surface area contributed by atoms with Crippen molar-refractivity contribution in [2.75, 3.05) is 0 Å². The van der Waals surface area contributed by atoms with Gasteiger partial charge in [-0.15, -0.1) is 0 Å². The van der Waals surface area contributed by atoms with Crippen molar-refractivity contribution in [1.82, 2.24) is 9.78 Å². The molecule has 0 unspecified atom stereocenters. The van der Waals surface area contributed by atoms with Crippen LogP contribution in [-0.4, -0.2) is 20.9 Å². The van der Waals surface area contributed by atoms with Gasteiger partial charge in [0.15, 0.2) is 0 Å². The van der Waals surface area contributed by atoms with E-state index in [1.165, 1.54) is 23.4 Å². The fourth-order valence-corrected chi connectivity index (χ4v) is 1.34. The largest absolute Gasteiger partial charge is 0.478 e. The lowest BCUT2D eigenvalue weighted by atomic mass is 10.1. The Balaban J connectivity index is 2.62. The molecule has 5 nitrogen and oxygen atoms in total. The lowest BCUT2D eigenvalue weighted by molar-refractivity contribution is 0.0697. The van der Waals surface area contributed by atoms with Crippen LogP contribution >= 0.6 is 0 Å². The monoisotopic (exact) mass is 192 g/mol. The third-order valence-electron chi connectivity index (χ3n) is 1.96. The van der Waals surface area contributed by atoms with E-state index in [9.17, 15) is 4.79 Å². The number of carboxylic acid groups (broad SMARTS) is 1. The van der Waals surface area contributed by atoms with Crippen LogP contribution in [0.2, 0.25) is 0 Å². The van der Waals surface area contributed by atoms with Crippen LogP contribution in [0.15, 0.2) is 29.2 Å². The van der Waals surface area contributed by atoms with Crippen LogP contribution in [0.25, 0.3) is 11.3 Å². The first kappa shape index (κ1) is 8.55. The molecule has 72 valence electrons. The second-order valence-corrected chi connectivity index (χ2v) is 2.85. The van der Waals surface area contributed by atoms with Gasteiger partial charge in [-0.05, 0) is 6.07 Å². The standard InChI is InChI=1S/C9H8N2O3/c1-11-8(6-2-3-14-5-6)7(4-10-11)9(12)13/h2-5H,1H3,(H,12,13). The van der Waals surface area contributed by atoms with E-state index in [2.05, 4.69) is 5.10 Å². The fraction of sp³-hybridized carbons (Fsp3) is 0.111. The molecule has 0 amide bonds. The zero-order valence-corrected chi connectivity index (χ0v) is 7.47. The van der Waals surface area contributed by atoms with Gasteiger partial charge in [0.1, 0.15) is 5.56 Å². The van der Waals surface area contributed by atoms with Gasteiger partial charge < -0.3 is 9.52 Å². The minimum absolute atomic E-state index is 0.175. The second kappa shape index (κ2) is 3.02. The predicted molar refractivity (Wildman–Crippen MR) is 47.9 cm³/mol. The molecule has 0 saturated heterocycles. The van der Waals surface area contributed by atoms with Crippen molar-refractivity contribution in [1.29, 1.82) is 0 Å². The Labute approximate surface area is 79.6 Å². The Hall–Kier alpha value is -2.04. The van der Waals surface area contributed by atoms with Crippen LogP contribution in [0.4, 0.5) is 0 Å². The quantitative estimate of drug-likeness (QED) is 0.780. The van der Waals surface area contributed by atoms with Crippen LogP contribution < -0.4 is 0 Å². The number of nitrogens with zero attached hydrogens (tertiary/aromatic N) is 2. The Kier molecular flexibility index (Phi) is 1.85. The molecule has 0 fully saturated rings. The Morgan fingerprint density at radius 1 is 1.64 bits per heavy atom. The highest BCUT2D eigenvalue weighted by Crippen LogP contribution is 2.23. The second-order valence-electron chi connectivity index (χ2n) is 2.85. The smallest absolute Gasteiger partial charge is 0.339 e. The number of carbonyl (C=O) groups is 1. The van der Waals surface area contributed by atoms with Crippen molar-refractivity contribution >= 4 is 5.97 Å². The molecule has 0 radical (unpaired) electrons. The van der Waals surface area contributed by atoms with Gasteiger partial charge >= 0.3 is 5.97 Å². The van der Waals surface area contributed by atoms with Gasteiger partial charge in [0.2, 0.25) is 0 Å². The molecule has 2 heterocycles. The molecular formula is C9H8N2O3. The minimum Gasteiger partial charge on any atom is -0.478 e. The van der Waals surface area contributed by atoms with Crippen molar-refractivity contribution < 1.29 is 14.3 Å². The minimum atomic E-state index is -0.991. The maximum absolute atomic E-state index is 10.8. The van der Waals surface area contributed by atoms with Crippen LogP contribution in [-0.2, 0) is 7.05 Å². The number of furan rings is 1. The Morgan fingerprint density at radius 3 is 3.00 bits per heavy atom. The van der Waals surface area contributed by atoms with Gasteiger partial charge in [0.05, 0.1) is 24.4 Å². The van der Waals surface area contributed by atoms with Crippen molar-refractivity contribution in [3.63, 3.8) is 0 Å². The molecule has 0 spiro atoms. The lowest BCUT2D eigenvalue weighted by Crippen LogP contribution is -1.99. The van der Waals surface area contributed by atoms with E-state index in [1.54, 1.807) is 13.1 Å². The summed E-state index contributed by atoms with van der Waals surface area (Å²) >= 11 is 0. The van der Waals surface area contributed by atoms with Crippen molar-refractivity contribution in [2.24, 2.45) is 7.05 Å². The predicted octanol–water partition coefficient (Wildman–Crippen LogP) is 1.38. The van der Waals surface area contributed by atoms with Crippen molar-refractivity contribution in [2.45, 2.75) is 0 Å². The van der Waals surface area contributed by atoms with E-state index < -0.39 is 5.97 Å². The molecule has 0 bridgehead atoms. The number of carboxylic acids is 1. The lowest BCUT2D eigenvalue weighted by Gasteiger charge is -1.99. The molecule has 2 rings (SSSR count). The van der Waals surface area contributed by atoms with Gasteiger partial charge in [-0.25, -0.2) is 4.79 Å². The number of aryl methyl sites for hydroxylation is 1. The van der Waals surface area contributed by atoms with E-state index >= 15 is 0 Å². The van der Waals surface area contributed by atoms with Crippen molar-refractivity contribution in [3.8, 4) is 11.3 Å². The van der Waals surface area contributed by atoms with Crippen LogP contribution in [0, 0.1) is 0 Å². The summed E-state index contributed by atoms with van der Waals surface area (Å²) < 4.78 is 6.40. The zero-order valence-electron chi connectivity index (χ0n) is 7.47. The Bertz CT molecular complexity index is 456. The van der Waals surface area contributed by atoms with E-state index in [1.807, 2.05) is 0 Å². The molecule has 1 N–H and O–H groups in total. The van der Waals surface area contributed by atoms with Gasteiger partial charge in [-0.3, -0.25) is 4.68 Å². The molecule has 2 aromatic rings. The number of aromatic carboxylic acids is 1. The molecule has 0 atom stereocenters. The highest BCUT2D eigenvalue weighted by Gasteiger charge is 2.16. The number of aromatic nitrogens is 2. The summed E-state index contributed by atoms with van der Waals surface area (Å²) in [5.74, 6) is -0.991. The summed E-state index contributed by atoms with van der Waals surface area (Å²) in [7, 11) is 1.69. The van der Waals surface area contributed by atoms with E-state index in [4.69, 9.17) is 9.52 Å². The zero-order chi connectivity index (χ0) is 10.1. The number of hydrogen-bond donors (Lipinski definition) is 1.